The number of nitrogens with zero attached hydrogens (tertiary/aromatic N) is 1. The van der Waals surface area contributed by atoms with Crippen LogP contribution < -0.4 is 5.32 Å². The van der Waals surface area contributed by atoms with Gasteiger partial charge in [0.05, 0.1) is 18.1 Å². The molecule has 1 atom stereocenters. The topological polar surface area (TPSA) is 66.0 Å². The van der Waals surface area contributed by atoms with Crippen LogP contribution in [0.25, 0.3) is 0 Å². The van der Waals surface area contributed by atoms with E-state index in [2.05, 4.69) is 21.2 Å². The van der Waals surface area contributed by atoms with Gasteiger partial charge in [0.2, 0.25) is 0 Å². The molecule has 1 heterocycles. The van der Waals surface area contributed by atoms with E-state index in [1.54, 1.807) is 13.0 Å². The van der Waals surface area contributed by atoms with E-state index >= 15 is 0 Å². The molecule has 0 aliphatic heterocycles. The van der Waals surface area contributed by atoms with E-state index < -0.39 is 0 Å². The second kappa shape index (κ2) is 4.82. The standard InChI is InChI=1S/C9H9BrN2O2/c1-6(2-3-11)12-9(13)7-4-8(10)14-5-7/h4-6H,2H2,1H3,(H,12,13). The number of rotatable bonds is 3. The molecule has 1 rings (SSSR count). The Kier molecular flexibility index (Phi) is 3.72. The number of amides is 1. The third kappa shape index (κ3) is 2.89. The van der Waals surface area contributed by atoms with Gasteiger partial charge in [0.1, 0.15) is 6.26 Å². The quantitative estimate of drug-likeness (QED) is 0.901. The average molecular weight is 257 g/mol. The zero-order chi connectivity index (χ0) is 10.6. The summed E-state index contributed by atoms with van der Waals surface area (Å²) >= 11 is 3.10. The van der Waals surface area contributed by atoms with Crippen LogP contribution in [0.1, 0.15) is 23.7 Å². The molecule has 4 nitrogen and oxygen atoms in total. The first kappa shape index (κ1) is 10.8. The molecule has 1 N–H and O–H groups in total. The van der Waals surface area contributed by atoms with Gasteiger partial charge in [0.25, 0.3) is 5.91 Å². The molecular formula is C9H9BrN2O2. The van der Waals surface area contributed by atoms with Gasteiger partial charge in [0.15, 0.2) is 4.67 Å². The normalized spacial score (nSPS) is 11.8. The number of halogens is 1. The van der Waals surface area contributed by atoms with Crippen molar-refractivity contribution in [3.8, 4) is 6.07 Å². The second-order valence-electron chi connectivity index (χ2n) is 2.88. The largest absolute Gasteiger partial charge is 0.457 e. The van der Waals surface area contributed by atoms with Crippen molar-refractivity contribution in [3.05, 3.63) is 22.6 Å². The molecule has 74 valence electrons. The first-order valence-electron chi connectivity index (χ1n) is 4.05. The number of furan rings is 1. The molecule has 1 amide bonds. The van der Waals surface area contributed by atoms with Crippen molar-refractivity contribution in [1.82, 2.24) is 5.32 Å². The number of nitrogens with one attached hydrogen (secondary N) is 1. The fourth-order valence-corrected chi connectivity index (χ4v) is 1.26. The molecule has 0 aliphatic rings. The summed E-state index contributed by atoms with van der Waals surface area (Å²) in [6.45, 7) is 1.77. The molecule has 0 aromatic carbocycles. The van der Waals surface area contributed by atoms with Crippen molar-refractivity contribution in [2.45, 2.75) is 19.4 Å². The van der Waals surface area contributed by atoms with Gasteiger partial charge in [-0.15, -0.1) is 0 Å². The monoisotopic (exact) mass is 256 g/mol. The summed E-state index contributed by atoms with van der Waals surface area (Å²) in [5.41, 5.74) is 0.446. The lowest BCUT2D eigenvalue weighted by Crippen LogP contribution is -2.31. The van der Waals surface area contributed by atoms with Gasteiger partial charge < -0.3 is 9.73 Å². The lowest BCUT2D eigenvalue weighted by atomic mass is 10.2. The van der Waals surface area contributed by atoms with Crippen LogP contribution in [-0.4, -0.2) is 11.9 Å². The molecule has 5 heteroatoms. The molecule has 0 saturated carbocycles. The number of carbonyl (C=O) groups excluding carboxylic acids is 1. The van der Waals surface area contributed by atoms with E-state index in [1.165, 1.54) is 6.26 Å². The third-order valence-corrected chi connectivity index (χ3v) is 2.02. The second-order valence-corrected chi connectivity index (χ2v) is 3.66. The summed E-state index contributed by atoms with van der Waals surface area (Å²) in [4.78, 5) is 11.4. The molecule has 0 radical (unpaired) electrons. The number of hydrogen-bond donors (Lipinski definition) is 1. The zero-order valence-electron chi connectivity index (χ0n) is 7.58. The van der Waals surface area contributed by atoms with E-state index in [9.17, 15) is 4.79 Å². The fourth-order valence-electron chi connectivity index (χ4n) is 0.924. The first-order valence-corrected chi connectivity index (χ1v) is 4.84. The Bertz CT molecular complexity index is 367. The van der Waals surface area contributed by atoms with Crippen LogP contribution in [-0.2, 0) is 0 Å². The predicted octanol–water partition coefficient (Wildman–Crippen LogP) is 2.07. The third-order valence-electron chi connectivity index (χ3n) is 1.60. The highest BCUT2D eigenvalue weighted by molar-refractivity contribution is 9.10. The predicted molar refractivity (Wildman–Crippen MR) is 53.6 cm³/mol. The first-order chi connectivity index (χ1) is 6.63. The molecule has 0 saturated heterocycles. The van der Waals surface area contributed by atoms with Crippen LogP contribution in [0.15, 0.2) is 21.4 Å². The minimum Gasteiger partial charge on any atom is -0.457 e. The maximum atomic E-state index is 11.4. The number of nitriles is 1. The summed E-state index contributed by atoms with van der Waals surface area (Å²) in [7, 11) is 0. The highest BCUT2D eigenvalue weighted by Gasteiger charge is 2.11. The summed E-state index contributed by atoms with van der Waals surface area (Å²) in [5, 5.41) is 11.1. The maximum absolute atomic E-state index is 11.4. The van der Waals surface area contributed by atoms with E-state index in [0.717, 1.165) is 0 Å². The van der Waals surface area contributed by atoms with Crippen molar-refractivity contribution in [2.75, 3.05) is 0 Å². The highest BCUT2D eigenvalue weighted by atomic mass is 79.9. The van der Waals surface area contributed by atoms with Gasteiger partial charge >= 0.3 is 0 Å². The van der Waals surface area contributed by atoms with Crippen molar-refractivity contribution in [3.63, 3.8) is 0 Å². The average Bonchev–Trinajstić information content (AvgIpc) is 2.52. The molecule has 0 fully saturated rings. The van der Waals surface area contributed by atoms with Crippen molar-refractivity contribution in [2.24, 2.45) is 0 Å². The molecule has 0 spiro atoms. The van der Waals surface area contributed by atoms with Crippen LogP contribution in [0.4, 0.5) is 0 Å². The van der Waals surface area contributed by atoms with Gasteiger partial charge in [-0.05, 0) is 22.9 Å². The Morgan fingerprint density at radius 1 is 1.86 bits per heavy atom. The van der Waals surface area contributed by atoms with E-state index in [4.69, 9.17) is 9.68 Å². The lowest BCUT2D eigenvalue weighted by molar-refractivity contribution is 0.0940. The summed E-state index contributed by atoms with van der Waals surface area (Å²) in [6.07, 6.45) is 1.66. The molecule has 0 bridgehead atoms. The lowest BCUT2D eigenvalue weighted by Gasteiger charge is -2.08. The van der Waals surface area contributed by atoms with E-state index in [1.807, 2.05) is 6.07 Å². The number of hydrogen-bond acceptors (Lipinski definition) is 3. The summed E-state index contributed by atoms with van der Waals surface area (Å²) < 4.78 is 5.43. The van der Waals surface area contributed by atoms with Crippen molar-refractivity contribution in [1.29, 1.82) is 5.26 Å². The Balaban J connectivity index is 2.55. The highest BCUT2D eigenvalue weighted by Crippen LogP contribution is 2.13. The van der Waals surface area contributed by atoms with Crippen molar-refractivity contribution < 1.29 is 9.21 Å². The van der Waals surface area contributed by atoms with E-state index in [-0.39, 0.29) is 11.9 Å². The Morgan fingerprint density at radius 3 is 3.07 bits per heavy atom. The van der Waals surface area contributed by atoms with Gasteiger partial charge in [-0.3, -0.25) is 4.79 Å². The van der Waals surface area contributed by atoms with Crippen LogP contribution in [0.3, 0.4) is 0 Å². The smallest absolute Gasteiger partial charge is 0.254 e. The Morgan fingerprint density at radius 2 is 2.57 bits per heavy atom. The van der Waals surface area contributed by atoms with E-state index in [0.29, 0.717) is 16.7 Å². The molecule has 0 aliphatic carbocycles. The molecular weight excluding hydrogens is 248 g/mol. The molecule has 14 heavy (non-hydrogen) atoms. The summed E-state index contributed by atoms with van der Waals surface area (Å²) in [5.74, 6) is -0.234. The van der Waals surface area contributed by atoms with Gasteiger partial charge in [-0.2, -0.15) is 5.26 Å². The minimum absolute atomic E-state index is 0.152. The van der Waals surface area contributed by atoms with Crippen molar-refractivity contribution >= 4 is 21.8 Å². The number of carbonyl (C=O) groups is 1. The summed E-state index contributed by atoms with van der Waals surface area (Å²) in [6, 6.07) is 3.41. The zero-order valence-corrected chi connectivity index (χ0v) is 9.17. The minimum atomic E-state index is -0.234. The maximum Gasteiger partial charge on any atom is 0.254 e. The van der Waals surface area contributed by atoms with Crippen LogP contribution in [0.5, 0.6) is 0 Å². The SMILES string of the molecule is CC(CC#N)NC(=O)c1coc(Br)c1. The van der Waals surface area contributed by atoms with Crippen LogP contribution in [0, 0.1) is 11.3 Å². The van der Waals surface area contributed by atoms with Gasteiger partial charge in [-0.25, -0.2) is 0 Å². The Hall–Kier alpha value is -1.28. The molecule has 1 aromatic rings. The Labute approximate surface area is 90.0 Å². The fraction of sp³-hybridized carbons (Fsp3) is 0.333. The molecule has 1 unspecified atom stereocenters. The van der Waals surface area contributed by atoms with Gasteiger partial charge in [-0.1, -0.05) is 0 Å². The van der Waals surface area contributed by atoms with Crippen LogP contribution in [0.2, 0.25) is 0 Å². The van der Waals surface area contributed by atoms with Crippen LogP contribution >= 0.6 is 15.9 Å². The van der Waals surface area contributed by atoms with Gasteiger partial charge in [0, 0.05) is 12.1 Å². The molecule has 1 aromatic heterocycles.